The van der Waals surface area contributed by atoms with Gasteiger partial charge in [-0.2, -0.15) is 0 Å². The second-order valence-corrected chi connectivity index (χ2v) is 7.69. The fourth-order valence-electron chi connectivity index (χ4n) is 3.50. The van der Waals surface area contributed by atoms with E-state index in [0.29, 0.717) is 5.75 Å². The summed E-state index contributed by atoms with van der Waals surface area (Å²) in [5, 5.41) is 42.2. The van der Waals surface area contributed by atoms with Gasteiger partial charge in [-0.25, -0.2) is 4.79 Å². The lowest BCUT2D eigenvalue weighted by molar-refractivity contribution is -0.271. The summed E-state index contributed by atoms with van der Waals surface area (Å²) in [7, 11) is 1.88. The first kappa shape index (κ1) is 24.0. The van der Waals surface area contributed by atoms with Crippen LogP contribution >= 0.6 is 0 Å². The predicted octanol–water partition coefficient (Wildman–Crippen LogP) is 0.996. The Bertz CT molecular complexity index is 893. The molecular weight excluding hydrogens is 418 g/mol. The molecule has 0 radical (unpaired) electrons. The molecule has 0 bridgehead atoms. The Morgan fingerprint density at radius 2 is 1.81 bits per heavy atom. The van der Waals surface area contributed by atoms with Gasteiger partial charge in [0.25, 0.3) is 0 Å². The van der Waals surface area contributed by atoms with Crippen LogP contribution in [0.1, 0.15) is 23.7 Å². The highest BCUT2D eigenvalue weighted by molar-refractivity contribution is 5.73. The van der Waals surface area contributed by atoms with Crippen molar-refractivity contribution in [2.45, 2.75) is 50.2 Å². The SMILES string of the molecule is CNCC[C@H](Oc1ccc(O[C@@H]2O[C@@H](C(=O)O)[C@@H](O)[C@H](O)[C@@H]2O)cc1C)c1ccccc1. The molecule has 9 heteroatoms. The Labute approximate surface area is 186 Å². The van der Waals surface area contributed by atoms with E-state index in [-0.39, 0.29) is 11.9 Å². The predicted molar refractivity (Wildman–Crippen MR) is 114 cm³/mol. The average molecular weight is 447 g/mol. The number of aryl methyl sites for hydroxylation is 1. The van der Waals surface area contributed by atoms with Crippen LogP contribution in [0.3, 0.4) is 0 Å². The fraction of sp³-hybridized carbons (Fsp3) is 0.435. The molecule has 2 aromatic rings. The van der Waals surface area contributed by atoms with Gasteiger partial charge in [0, 0.05) is 6.42 Å². The van der Waals surface area contributed by atoms with Crippen molar-refractivity contribution >= 4 is 5.97 Å². The third kappa shape index (κ3) is 5.56. The van der Waals surface area contributed by atoms with Crippen molar-refractivity contribution < 1.29 is 39.4 Å². The van der Waals surface area contributed by atoms with Crippen LogP contribution in [0.5, 0.6) is 11.5 Å². The standard InChI is InChI=1S/C23H29NO8/c1-13-12-15(30-23-20(27)18(25)19(26)21(32-23)22(28)29)8-9-16(13)31-17(10-11-24-2)14-6-4-3-5-7-14/h3-9,12,17-21,23-27H,10-11H2,1-2H3,(H,28,29)/t17-,18-,19-,20-,21+,23+/m0/s1. The molecule has 9 nitrogen and oxygen atoms in total. The van der Waals surface area contributed by atoms with Gasteiger partial charge in [0.1, 0.15) is 35.9 Å². The topological polar surface area (TPSA) is 138 Å². The molecule has 0 saturated carbocycles. The number of carboxylic acid groups (broad SMARTS) is 1. The van der Waals surface area contributed by atoms with E-state index in [1.54, 1.807) is 18.2 Å². The number of ether oxygens (including phenoxy) is 3. The number of nitrogens with one attached hydrogen (secondary N) is 1. The maximum absolute atomic E-state index is 11.3. The van der Waals surface area contributed by atoms with Crippen molar-refractivity contribution in [1.29, 1.82) is 0 Å². The fourth-order valence-corrected chi connectivity index (χ4v) is 3.50. The molecule has 0 unspecified atom stereocenters. The normalized spacial score (nSPS) is 26.3. The molecule has 6 atom stereocenters. The molecule has 1 heterocycles. The van der Waals surface area contributed by atoms with Crippen LogP contribution in [0.2, 0.25) is 0 Å². The number of carboxylic acids is 1. The molecule has 5 N–H and O–H groups in total. The minimum Gasteiger partial charge on any atom is -0.485 e. The molecule has 1 saturated heterocycles. The van der Waals surface area contributed by atoms with Crippen molar-refractivity contribution in [3.63, 3.8) is 0 Å². The van der Waals surface area contributed by atoms with E-state index in [2.05, 4.69) is 5.32 Å². The number of aliphatic hydroxyl groups is 3. The summed E-state index contributed by atoms with van der Waals surface area (Å²) in [5.74, 6) is -0.532. The zero-order valence-corrected chi connectivity index (χ0v) is 17.9. The summed E-state index contributed by atoms with van der Waals surface area (Å²) in [6.07, 6.45) is -7.71. The van der Waals surface area contributed by atoms with Crippen LogP contribution in [0.4, 0.5) is 0 Å². The maximum atomic E-state index is 11.3. The first-order chi connectivity index (χ1) is 15.3. The highest BCUT2D eigenvalue weighted by Crippen LogP contribution is 2.31. The zero-order valence-electron chi connectivity index (χ0n) is 17.9. The number of carbonyl (C=O) groups is 1. The molecule has 1 aliphatic rings. The van der Waals surface area contributed by atoms with E-state index < -0.39 is 36.7 Å². The average Bonchev–Trinajstić information content (AvgIpc) is 2.78. The van der Waals surface area contributed by atoms with Crippen molar-refractivity contribution in [3.05, 3.63) is 59.7 Å². The zero-order chi connectivity index (χ0) is 23.3. The Hall–Kier alpha value is -2.69. The number of rotatable bonds is 9. The van der Waals surface area contributed by atoms with Gasteiger partial charge in [-0.3, -0.25) is 0 Å². The highest BCUT2D eigenvalue weighted by Gasteiger charge is 2.48. The van der Waals surface area contributed by atoms with Crippen LogP contribution in [0.15, 0.2) is 48.5 Å². The van der Waals surface area contributed by atoms with Gasteiger partial charge < -0.3 is 40.0 Å². The molecule has 0 spiro atoms. The number of hydrogen-bond donors (Lipinski definition) is 5. The van der Waals surface area contributed by atoms with Gasteiger partial charge in [0.2, 0.25) is 6.29 Å². The Morgan fingerprint density at radius 1 is 1.09 bits per heavy atom. The lowest BCUT2D eigenvalue weighted by Crippen LogP contribution is -2.61. The van der Waals surface area contributed by atoms with Gasteiger partial charge >= 0.3 is 5.97 Å². The minimum atomic E-state index is -1.77. The Balaban J connectivity index is 1.73. The van der Waals surface area contributed by atoms with E-state index in [1.165, 1.54) is 0 Å². The van der Waals surface area contributed by atoms with Gasteiger partial charge in [-0.05, 0) is 49.8 Å². The molecular formula is C23H29NO8. The smallest absolute Gasteiger partial charge is 0.335 e. The van der Waals surface area contributed by atoms with Gasteiger partial charge in [-0.1, -0.05) is 30.3 Å². The van der Waals surface area contributed by atoms with E-state index in [4.69, 9.17) is 19.3 Å². The Morgan fingerprint density at radius 3 is 2.44 bits per heavy atom. The highest BCUT2D eigenvalue weighted by atomic mass is 16.7. The van der Waals surface area contributed by atoms with Crippen LogP contribution in [0, 0.1) is 6.92 Å². The van der Waals surface area contributed by atoms with Crippen molar-refractivity contribution in [3.8, 4) is 11.5 Å². The molecule has 32 heavy (non-hydrogen) atoms. The summed E-state index contributed by atoms with van der Waals surface area (Å²) in [5.41, 5.74) is 1.81. The second-order valence-electron chi connectivity index (χ2n) is 7.69. The van der Waals surface area contributed by atoms with Crippen LogP contribution in [-0.4, -0.2) is 70.7 Å². The summed E-state index contributed by atoms with van der Waals surface area (Å²) < 4.78 is 17.0. The summed E-state index contributed by atoms with van der Waals surface area (Å²) >= 11 is 0. The summed E-state index contributed by atoms with van der Waals surface area (Å²) in [6, 6.07) is 14.9. The molecule has 3 rings (SSSR count). The molecule has 2 aromatic carbocycles. The van der Waals surface area contributed by atoms with Gasteiger partial charge in [0.15, 0.2) is 6.10 Å². The third-order valence-corrected chi connectivity index (χ3v) is 5.31. The summed E-state index contributed by atoms with van der Waals surface area (Å²) in [4.78, 5) is 11.3. The van der Waals surface area contributed by atoms with Crippen LogP contribution < -0.4 is 14.8 Å². The molecule has 0 aromatic heterocycles. The maximum Gasteiger partial charge on any atom is 0.335 e. The molecule has 1 aliphatic heterocycles. The molecule has 1 fully saturated rings. The lowest BCUT2D eigenvalue weighted by Gasteiger charge is -2.38. The van der Waals surface area contributed by atoms with Crippen LogP contribution in [0.25, 0.3) is 0 Å². The molecule has 174 valence electrons. The first-order valence-corrected chi connectivity index (χ1v) is 10.4. The number of aliphatic hydroxyl groups excluding tert-OH is 3. The van der Waals surface area contributed by atoms with E-state index >= 15 is 0 Å². The molecule has 0 aliphatic carbocycles. The van der Waals surface area contributed by atoms with Gasteiger partial charge in [0.05, 0.1) is 0 Å². The van der Waals surface area contributed by atoms with Crippen molar-refractivity contribution in [2.75, 3.05) is 13.6 Å². The first-order valence-electron chi connectivity index (χ1n) is 10.4. The number of aliphatic carboxylic acids is 1. The van der Waals surface area contributed by atoms with E-state index in [9.17, 15) is 20.1 Å². The largest absolute Gasteiger partial charge is 0.485 e. The van der Waals surface area contributed by atoms with Crippen LogP contribution in [-0.2, 0) is 9.53 Å². The third-order valence-electron chi connectivity index (χ3n) is 5.31. The van der Waals surface area contributed by atoms with E-state index in [0.717, 1.165) is 24.1 Å². The molecule has 0 amide bonds. The number of benzene rings is 2. The van der Waals surface area contributed by atoms with Gasteiger partial charge in [-0.15, -0.1) is 0 Å². The summed E-state index contributed by atoms with van der Waals surface area (Å²) in [6.45, 7) is 2.61. The Kier molecular flexibility index (Phi) is 8.05. The second kappa shape index (κ2) is 10.8. The minimum absolute atomic E-state index is 0.162. The lowest BCUT2D eigenvalue weighted by atomic mass is 9.99. The quantitative estimate of drug-likeness (QED) is 0.381. The van der Waals surface area contributed by atoms with E-state index in [1.807, 2.05) is 44.3 Å². The monoisotopic (exact) mass is 447 g/mol. The van der Waals surface area contributed by atoms with Crippen molar-refractivity contribution in [2.24, 2.45) is 0 Å². The van der Waals surface area contributed by atoms with Crippen molar-refractivity contribution in [1.82, 2.24) is 5.32 Å². The number of hydrogen-bond acceptors (Lipinski definition) is 8.